The van der Waals surface area contributed by atoms with Gasteiger partial charge in [0.05, 0.1) is 17.8 Å². The Morgan fingerprint density at radius 3 is 2.50 bits per heavy atom. The molecule has 1 aromatic carbocycles. The van der Waals surface area contributed by atoms with E-state index in [9.17, 15) is 9.18 Å². The SMILES string of the molecule is CC(C)c1ncc(C(=O)Nc2c(-c3ccccc3)ccnc2N2CC[C@@H](F)C2)cn1. The predicted molar refractivity (Wildman–Crippen MR) is 115 cm³/mol. The summed E-state index contributed by atoms with van der Waals surface area (Å²) in [4.78, 5) is 27.9. The molecule has 1 atom stereocenters. The molecule has 1 aliphatic rings. The van der Waals surface area contributed by atoms with E-state index in [0.29, 0.717) is 35.9 Å². The Labute approximate surface area is 175 Å². The van der Waals surface area contributed by atoms with E-state index in [-0.39, 0.29) is 18.4 Å². The molecule has 0 radical (unpaired) electrons. The van der Waals surface area contributed by atoms with Crippen LogP contribution in [0, 0.1) is 0 Å². The topological polar surface area (TPSA) is 71.0 Å². The highest BCUT2D eigenvalue weighted by atomic mass is 19.1. The number of alkyl halides is 1. The average Bonchev–Trinajstić information content (AvgIpc) is 3.20. The number of carbonyl (C=O) groups excluding carboxylic acids is 1. The molecule has 154 valence electrons. The average molecular weight is 405 g/mol. The van der Waals surface area contributed by atoms with Gasteiger partial charge >= 0.3 is 0 Å². The highest BCUT2D eigenvalue weighted by Gasteiger charge is 2.27. The van der Waals surface area contributed by atoms with Crippen molar-refractivity contribution in [3.63, 3.8) is 0 Å². The van der Waals surface area contributed by atoms with E-state index in [0.717, 1.165) is 11.1 Å². The molecule has 4 rings (SSSR count). The van der Waals surface area contributed by atoms with E-state index in [4.69, 9.17) is 0 Å². The van der Waals surface area contributed by atoms with Crippen LogP contribution in [-0.2, 0) is 0 Å². The first kappa shape index (κ1) is 19.9. The van der Waals surface area contributed by atoms with Gasteiger partial charge in [0.15, 0.2) is 5.82 Å². The Hall–Kier alpha value is -3.35. The van der Waals surface area contributed by atoms with Crippen LogP contribution in [0.1, 0.15) is 42.4 Å². The van der Waals surface area contributed by atoms with Gasteiger partial charge in [-0.3, -0.25) is 4.79 Å². The van der Waals surface area contributed by atoms with Gasteiger partial charge < -0.3 is 10.2 Å². The fourth-order valence-corrected chi connectivity index (χ4v) is 3.52. The van der Waals surface area contributed by atoms with Crippen LogP contribution in [-0.4, -0.2) is 40.1 Å². The molecule has 7 heteroatoms. The zero-order valence-electron chi connectivity index (χ0n) is 17.0. The Kier molecular flexibility index (Phi) is 5.70. The third-order valence-electron chi connectivity index (χ3n) is 5.13. The van der Waals surface area contributed by atoms with Gasteiger partial charge in [-0.15, -0.1) is 0 Å². The van der Waals surface area contributed by atoms with Crippen LogP contribution in [0.15, 0.2) is 55.0 Å². The number of hydrogen-bond acceptors (Lipinski definition) is 5. The van der Waals surface area contributed by atoms with Crippen molar-refractivity contribution >= 4 is 17.4 Å². The monoisotopic (exact) mass is 405 g/mol. The number of nitrogens with one attached hydrogen (secondary N) is 1. The van der Waals surface area contributed by atoms with E-state index in [1.807, 2.05) is 55.1 Å². The first-order valence-electron chi connectivity index (χ1n) is 10.1. The maximum atomic E-state index is 13.9. The number of halogens is 1. The highest BCUT2D eigenvalue weighted by Crippen LogP contribution is 2.36. The summed E-state index contributed by atoms with van der Waals surface area (Å²) in [7, 11) is 0. The number of anilines is 2. The first-order valence-corrected chi connectivity index (χ1v) is 10.1. The van der Waals surface area contributed by atoms with Crippen molar-refractivity contribution in [3.8, 4) is 11.1 Å². The van der Waals surface area contributed by atoms with Crippen LogP contribution in [0.5, 0.6) is 0 Å². The van der Waals surface area contributed by atoms with Gasteiger partial charge in [-0.25, -0.2) is 19.3 Å². The van der Waals surface area contributed by atoms with Crippen LogP contribution >= 0.6 is 0 Å². The molecule has 1 aliphatic heterocycles. The maximum Gasteiger partial charge on any atom is 0.258 e. The van der Waals surface area contributed by atoms with E-state index < -0.39 is 6.17 Å². The molecule has 0 bridgehead atoms. The Bertz CT molecular complexity index is 1020. The van der Waals surface area contributed by atoms with Crippen LogP contribution in [0.4, 0.5) is 15.9 Å². The third-order valence-corrected chi connectivity index (χ3v) is 5.13. The summed E-state index contributed by atoms with van der Waals surface area (Å²) in [5.41, 5.74) is 2.70. The minimum Gasteiger partial charge on any atom is -0.352 e. The van der Waals surface area contributed by atoms with Crippen LogP contribution in [0.3, 0.4) is 0 Å². The quantitative estimate of drug-likeness (QED) is 0.678. The molecule has 1 N–H and O–H groups in total. The molecule has 1 saturated heterocycles. The standard InChI is InChI=1S/C23H24FN5O/c1-15(2)21-26-12-17(13-27-21)23(30)28-20-19(16-6-4-3-5-7-16)8-10-25-22(20)29-11-9-18(24)14-29/h3-8,10,12-13,15,18H,9,11,14H2,1-2H3,(H,28,30)/t18-/m1/s1. The zero-order valence-corrected chi connectivity index (χ0v) is 17.0. The van der Waals surface area contributed by atoms with Crippen LogP contribution in [0.25, 0.3) is 11.1 Å². The predicted octanol–water partition coefficient (Wildman–Crippen LogP) is 4.46. The summed E-state index contributed by atoms with van der Waals surface area (Å²) >= 11 is 0. The van der Waals surface area contributed by atoms with Crippen LogP contribution in [0.2, 0.25) is 0 Å². The normalized spacial score (nSPS) is 16.1. The Balaban J connectivity index is 1.71. The lowest BCUT2D eigenvalue weighted by Crippen LogP contribution is -2.24. The highest BCUT2D eigenvalue weighted by molar-refractivity contribution is 6.08. The molecule has 3 aromatic rings. The lowest BCUT2D eigenvalue weighted by molar-refractivity contribution is 0.102. The van der Waals surface area contributed by atoms with Crippen molar-refractivity contribution in [1.29, 1.82) is 0 Å². The molecule has 0 unspecified atom stereocenters. The summed E-state index contributed by atoms with van der Waals surface area (Å²) in [5.74, 6) is 1.11. The fourth-order valence-electron chi connectivity index (χ4n) is 3.52. The zero-order chi connectivity index (χ0) is 21.1. The van der Waals surface area contributed by atoms with Crippen molar-refractivity contribution in [3.05, 3.63) is 66.4 Å². The van der Waals surface area contributed by atoms with Crippen molar-refractivity contribution in [2.45, 2.75) is 32.4 Å². The fraction of sp³-hybridized carbons (Fsp3) is 0.304. The van der Waals surface area contributed by atoms with Gasteiger partial charge in [0.25, 0.3) is 5.91 Å². The molecule has 6 nitrogen and oxygen atoms in total. The van der Waals surface area contributed by atoms with Gasteiger partial charge in [0.2, 0.25) is 0 Å². The number of benzene rings is 1. The van der Waals surface area contributed by atoms with Crippen molar-refractivity contribution in [1.82, 2.24) is 15.0 Å². The molecule has 2 aromatic heterocycles. The van der Waals surface area contributed by atoms with E-state index in [2.05, 4.69) is 20.3 Å². The Morgan fingerprint density at radius 1 is 1.13 bits per heavy atom. The molecule has 30 heavy (non-hydrogen) atoms. The minimum atomic E-state index is -0.896. The molecule has 0 aliphatic carbocycles. The summed E-state index contributed by atoms with van der Waals surface area (Å²) in [5, 5.41) is 2.99. The van der Waals surface area contributed by atoms with Gasteiger partial charge in [0, 0.05) is 36.6 Å². The van der Waals surface area contributed by atoms with Gasteiger partial charge in [-0.2, -0.15) is 0 Å². The van der Waals surface area contributed by atoms with E-state index in [1.165, 1.54) is 12.4 Å². The number of amides is 1. The van der Waals surface area contributed by atoms with E-state index >= 15 is 0 Å². The maximum absolute atomic E-state index is 13.9. The molecular weight excluding hydrogens is 381 g/mol. The third kappa shape index (κ3) is 4.15. The molecule has 1 fully saturated rings. The lowest BCUT2D eigenvalue weighted by Gasteiger charge is -2.22. The minimum absolute atomic E-state index is 0.181. The summed E-state index contributed by atoms with van der Waals surface area (Å²) in [6.07, 6.45) is 4.31. The summed E-state index contributed by atoms with van der Waals surface area (Å²) in [6.45, 7) is 4.82. The molecule has 1 amide bonds. The molecule has 3 heterocycles. The smallest absolute Gasteiger partial charge is 0.258 e. The summed E-state index contributed by atoms with van der Waals surface area (Å²) in [6, 6.07) is 11.6. The number of rotatable bonds is 5. The second kappa shape index (κ2) is 8.57. The molecule has 0 spiro atoms. The van der Waals surface area contributed by atoms with Crippen molar-refractivity contribution in [2.24, 2.45) is 0 Å². The van der Waals surface area contributed by atoms with Gasteiger partial charge in [-0.05, 0) is 18.1 Å². The Morgan fingerprint density at radius 2 is 1.87 bits per heavy atom. The number of pyridine rings is 1. The van der Waals surface area contributed by atoms with Gasteiger partial charge in [0.1, 0.15) is 12.0 Å². The van der Waals surface area contributed by atoms with Gasteiger partial charge in [-0.1, -0.05) is 44.2 Å². The number of aromatic nitrogens is 3. The van der Waals surface area contributed by atoms with Crippen LogP contribution < -0.4 is 10.2 Å². The second-order valence-corrected chi connectivity index (χ2v) is 7.69. The molecular formula is C23H24FN5O. The largest absolute Gasteiger partial charge is 0.352 e. The number of carbonyl (C=O) groups is 1. The lowest BCUT2D eigenvalue weighted by atomic mass is 10.0. The molecule has 0 saturated carbocycles. The van der Waals surface area contributed by atoms with Crippen molar-refractivity contribution in [2.75, 3.05) is 23.3 Å². The second-order valence-electron chi connectivity index (χ2n) is 7.69. The number of hydrogen-bond donors (Lipinski definition) is 1. The number of nitrogens with zero attached hydrogens (tertiary/aromatic N) is 4. The van der Waals surface area contributed by atoms with E-state index in [1.54, 1.807) is 6.20 Å². The summed E-state index contributed by atoms with van der Waals surface area (Å²) < 4.78 is 13.9. The van der Waals surface area contributed by atoms with Crippen molar-refractivity contribution < 1.29 is 9.18 Å². The first-order chi connectivity index (χ1) is 14.5.